The van der Waals surface area contributed by atoms with Gasteiger partial charge in [0.05, 0.1) is 12.0 Å². The van der Waals surface area contributed by atoms with E-state index in [0.717, 1.165) is 9.47 Å². The van der Waals surface area contributed by atoms with E-state index >= 15 is 0 Å². The summed E-state index contributed by atoms with van der Waals surface area (Å²) in [6.45, 7) is 0. The molecule has 4 amide bonds. The number of urea groups is 1. The normalized spacial score (nSPS) is 15.2. The maximum atomic E-state index is 13.1. The van der Waals surface area contributed by atoms with Crippen molar-refractivity contribution in [3.63, 3.8) is 0 Å². The van der Waals surface area contributed by atoms with Crippen molar-refractivity contribution in [1.29, 1.82) is 0 Å². The van der Waals surface area contributed by atoms with Crippen LogP contribution in [-0.2, 0) is 9.59 Å². The van der Waals surface area contributed by atoms with Gasteiger partial charge in [0.1, 0.15) is 11.3 Å². The molecule has 0 spiro atoms. The van der Waals surface area contributed by atoms with Gasteiger partial charge in [0.2, 0.25) is 0 Å². The molecule has 2 aromatic heterocycles. The number of hydrogen-bond acceptors (Lipinski definition) is 7. The van der Waals surface area contributed by atoms with Crippen LogP contribution < -0.4 is 26.6 Å². The van der Waals surface area contributed by atoms with Crippen LogP contribution in [0.25, 0.3) is 17.3 Å². The van der Waals surface area contributed by atoms with Gasteiger partial charge in [-0.2, -0.15) is 0 Å². The van der Waals surface area contributed by atoms with Gasteiger partial charge >= 0.3 is 11.7 Å². The molecule has 0 saturated carbocycles. The van der Waals surface area contributed by atoms with Crippen LogP contribution in [0.15, 0.2) is 117 Å². The van der Waals surface area contributed by atoms with Crippen LogP contribution in [-0.4, -0.2) is 27.4 Å². The Kier molecular flexibility index (Phi) is 6.93. The van der Waals surface area contributed by atoms with Gasteiger partial charge in [-0.15, -0.1) is 0 Å². The standard InChI is InChI=1S/C29H20N4O7/c34-24-21(26(36)32(28(38)30-24)19-8-3-1-4-9-19)15-13-18(23-12-7-17-40-23)14-16-22-25(35)31-29(39)33(27(22)37)20-10-5-2-6-11-20/h1-17,36H,(H,30,34,38)(H,31,35,39)/p-1/b15-13+,18-14-,22-16+. The fourth-order valence-electron chi connectivity index (χ4n) is 3.99. The molecule has 11 heteroatoms. The van der Waals surface area contributed by atoms with Gasteiger partial charge in [-0.25, -0.2) is 14.5 Å². The molecule has 0 atom stereocenters. The molecule has 1 fully saturated rings. The fourth-order valence-corrected chi connectivity index (χ4v) is 3.99. The average Bonchev–Trinajstić information content (AvgIpc) is 3.47. The monoisotopic (exact) mass is 535 g/mol. The molecule has 2 N–H and O–H groups in total. The SMILES string of the molecule is O=C1NC(=O)N(c2ccccc2)C(=O)/C1=C/C=C(/C=C/c1c([O-])n(-c2ccccc2)c(=O)[nH]c1=O)c1ccco1. The third kappa shape index (κ3) is 4.94. The zero-order valence-corrected chi connectivity index (χ0v) is 20.6. The second-order valence-electron chi connectivity index (χ2n) is 8.40. The number of barbiturate groups is 1. The molecule has 0 radical (unpaired) electrons. The molecular weight excluding hydrogens is 516 g/mol. The third-order valence-electron chi connectivity index (χ3n) is 5.90. The number of carbonyl (C=O) groups excluding carboxylic acids is 3. The maximum absolute atomic E-state index is 13.1. The number of aromatic nitrogens is 2. The predicted molar refractivity (Wildman–Crippen MR) is 143 cm³/mol. The highest BCUT2D eigenvalue weighted by Gasteiger charge is 2.36. The minimum Gasteiger partial charge on any atom is -0.859 e. The Morgan fingerprint density at radius 1 is 0.850 bits per heavy atom. The lowest BCUT2D eigenvalue weighted by Gasteiger charge is -2.26. The summed E-state index contributed by atoms with van der Waals surface area (Å²) in [5.74, 6) is -2.29. The van der Waals surface area contributed by atoms with Crippen molar-refractivity contribution in [2.75, 3.05) is 4.90 Å². The lowest BCUT2D eigenvalue weighted by molar-refractivity contribution is -0.278. The van der Waals surface area contributed by atoms with Gasteiger partial charge in [0.15, 0.2) is 0 Å². The molecule has 11 nitrogen and oxygen atoms in total. The number of H-pyrrole nitrogens is 1. The zero-order chi connectivity index (χ0) is 28.2. The van der Waals surface area contributed by atoms with Crippen LogP contribution in [0, 0.1) is 0 Å². The molecular formula is C29H19N4O7-. The first-order valence-corrected chi connectivity index (χ1v) is 11.9. The molecule has 5 rings (SSSR count). The van der Waals surface area contributed by atoms with Gasteiger partial charge in [0, 0.05) is 16.8 Å². The van der Waals surface area contributed by atoms with E-state index in [0.29, 0.717) is 0 Å². The van der Waals surface area contributed by atoms with Crippen LogP contribution in [0.4, 0.5) is 10.5 Å². The number of nitrogens with zero attached hydrogens (tertiary/aromatic N) is 2. The van der Waals surface area contributed by atoms with Crippen LogP contribution in [0.1, 0.15) is 11.3 Å². The Morgan fingerprint density at radius 3 is 2.17 bits per heavy atom. The van der Waals surface area contributed by atoms with E-state index in [-0.39, 0.29) is 33.8 Å². The van der Waals surface area contributed by atoms with E-state index < -0.39 is 35.0 Å². The number of allylic oxidation sites excluding steroid dienone is 4. The van der Waals surface area contributed by atoms with Crippen molar-refractivity contribution in [2.45, 2.75) is 0 Å². The molecule has 0 unspecified atom stereocenters. The molecule has 2 aromatic carbocycles. The minimum atomic E-state index is -0.894. The summed E-state index contributed by atoms with van der Waals surface area (Å²) in [7, 11) is 0. The maximum Gasteiger partial charge on any atom is 0.335 e. The van der Waals surface area contributed by atoms with E-state index in [1.807, 2.05) is 0 Å². The number of hydrogen-bond donors (Lipinski definition) is 2. The molecule has 40 heavy (non-hydrogen) atoms. The van der Waals surface area contributed by atoms with Crippen molar-refractivity contribution in [3.8, 4) is 11.6 Å². The highest BCUT2D eigenvalue weighted by atomic mass is 16.3. The minimum absolute atomic E-state index is 0.272. The topological polar surface area (TPSA) is 158 Å². The van der Waals surface area contributed by atoms with Gasteiger partial charge in [-0.1, -0.05) is 48.6 Å². The molecule has 198 valence electrons. The summed E-state index contributed by atoms with van der Waals surface area (Å²) in [5, 5.41) is 15.2. The average molecular weight is 535 g/mol. The number of imide groups is 2. The Balaban J connectivity index is 1.56. The Morgan fingerprint density at radius 2 is 1.52 bits per heavy atom. The van der Waals surface area contributed by atoms with Crippen molar-refractivity contribution < 1.29 is 23.9 Å². The molecule has 1 aliphatic heterocycles. The first-order chi connectivity index (χ1) is 19.3. The molecule has 0 aliphatic carbocycles. The third-order valence-corrected chi connectivity index (χ3v) is 5.90. The molecule has 4 aromatic rings. The van der Waals surface area contributed by atoms with Crippen LogP contribution in [0.3, 0.4) is 0 Å². The Bertz CT molecular complexity index is 1810. The highest BCUT2D eigenvalue weighted by molar-refractivity contribution is 6.37. The quantitative estimate of drug-likeness (QED) is 0.218. The first kappa shape index (κ1) is 25.7. The summed E-state index contributed by atoms with van der Waals surface area (Å²) >= 11 is 0. The van der Waals surface area contributed by atoms with Crippen molar-refractivity contribution in [1.82, 2.24) is 14.9 Å². The summed E-state index contributed by atoms with van der Waals surface area (Å²) in [6.07, 6.45) is 6.53. The Labute approximate surface area is 225 Å². The molecule has 1 saturated heterocycles. The van der Waals surface area contributed by atoms with Crippen molar-refractivity contribution in [2.24, 2.45) is 0 Å². The van der Waals surface area contributed by atoms with E-state index in [1.54, 1.807) is 72.8 Å². The van der Waals surface area contributed by atoms with E-state index in [9.17, 15) is 29.1 Å². The van der Waals surface area contributed by atoms with Gasteiger partial charge < -0.3 is 9.52 Å². The number of aromatic amines is 1. The first-order valence-electron chi connectivity index (χ1n) is 11.9. The van der Waals surface area contributed by atoms with E-state index in [2.05, 4.69) is 10.3 Å². The summed E-state index contributed by atoms with van der Waals surface area (Å²) < 4.78 is 6.27. The summed E-state index contributed by atoms with van der Waals surface area (Å²) in [4.78, 5) is 65.9. The number of anilines is 1. The fraction of sp³-hybridized carbons (Fsp3) is 0. The van der Waals surface area contributed by atoms with Gasteiger partial charge in [-0.3, -0.25) is 29.3 Å². The van der Waals surface area contributed by atoms with Crippen molar-refractivity contribution >= 4 is 35.2 Å². The molecule has 1 aliphatic rings. The number of carbonyl (C=O) groups is 3. The van der Waals surface area contributed by atoms with E-state index in [4.69, 9.17) is 4.42 Å². The summed E-state index contributed by atoms with van der Waals surface area (Å²) in [6, 6.07) is 18.5. The second kappa shape index (κ2) is 10.8. The molecule has 3 heterocycles. The van der Waals surface area contributed by atoms with Gasteiger partial charge in [0.25, 0.3) is 17.4 Å². The largest absolute Gasteiger partial charge is 0.859 e. The smallest absolute Gasteiger partial charge is 0.335 e. The zero-order valence-electron chi connectivity index (χ0n) is 20.6. The predicted octanol–water partition coefficient (Wildman–Crippen LogP) is 2.50. The lowest BCUT2D eigenvalue weighted by atomic mass is 10.1. The van der Waals surface area contributed by atoms with E-state index in [1.165, 1.54) is 30.6 Å². The number of benzene rings is 2. The lowest BCUT2D eigenvalue weighted by Crippen LogP contribution is -2.54. The second-order valence-corrected chi connectivity index (χ2v) is 8.40. The number of rotatable bonds is 6. The van der Waals surface area contributed by atoms with Crippen LogP contribution in [0.2, 0.25) is 0 Å². The number of para-hydroxylation sites is 2. The summed E-state index contributed by atoms with van der Waals surface area (Å²) in [5.41, 5.74) is -1.62. The van der Waals surface area contributed by atoms with Crippen LogP contribution in [0.5, 0.6) is 5.88 Å². The highest BCUT2D eigenvalue weighted by Crippen LogP contribution is 2.23. The van der Waals surface area contributed by atoms with Crippen LogP contribution >= 0.6 is 0 Å². The number of amides is 4. The van der Waals surface area contributed by atoms with Gasteiger partial charge in [-0.05, 0) is 54.4 Å². The van der Waals surface area contributed by atoms with Crippen molar-refractivity contribution in [3.05, 3.63) is 135 Å². The molecule has 0 bridgehead atoms. The number of nitrogens with one attached hydrogen (secondary N) is 2. The number of furan rings is 1. The Hall–Kier alpha value is -5.97.